The van der Waals surface area contributed by atoms with Crippen LogP contribution in [0.2, 0.25) is 0 Å². The lowest BCUT2D eigenvalue weighted by Gasteiger charge is -2.11. The molecule has 0 spiro atoms. The average Bonchev–Trinajstić information content (AvgIpc) is 2.31. The van der Waals surface area contributed by atoms with Gasteiger partial charge in [-0.1, -0.05) is 84.1 Å². The second-order valence-electron chi connectivity index (χ2n) is 5.06. The molecule has 0 aliphatic carbocycles. The highest BCUT2D eigenvalue weighted by molar-refractivity contribution is 4.72. The highest BCUT2D eigenvalue weighted by Gasteiger charge is 2.02. The van der Waals surface area contributed by atoms with Gasteiger partial charge in [-0.05, 0) is 12.3 Å². The van der Waals surface area contributed by atoms with E-state index in [9.17, 15) is 0 Å². The Bertz CT molecular complexity index is 137. The predicted molar refractivity (Wildman–Crippen MR) is 75.8 cm³/mol. The van der Waals surface area contributed by atoms with Crippen molar-refractivity contribution in [2.45, 2.75) is 84.5 Å². The minimum Gasteiger partial charge on any atom is -0.103 e. The van der Waals surface area contributed by atoms with Gasteiger partial charge in [0.1, 0.15) is 0 Å². The van der Waals surface area contributed by atoms with Crippen molar-refractivity contribution in [1.29, 1.82) is 0 Å². The number of allylic oxidation sites excluding steroid dienone is 1. The van der Waals surface area contributed by atoms with E-state index >= 15 is 0 Å². The van der Waals surface area contributed by atoms with Crippen LogP contribution in [0.3, 0.4) is 0 Å². The van der Waals surface area contributed by atoms with E-state index in [4.69, 9.17) is 0 Å². The minimum absolute atomic E-state index is 0.901. The van der Waals surface area contributed by atoms with Gasteiger partial charge in [0.15, 0.2) is 0 Å². The van der Waals surface area contributed by atoms with E-state index in [0.29, 0.717) is 0 Å². The molecule has 0 rings (SSSR count). The molecule has 1 atom stereocenters. The van der Waals surface area contributed by atoms with Gasteiger partial charge in [-0.25, -0.2) is 0 Å². The van der Waals surface area contributed by atoms with Gasteiger partial charge in [0.05, 0.1) is 0 Å². The van der Waals surface area contributed by atoms with E-state index in [1.165, 1.54) is 70.6 Å². The average molecular weight is 224 g/mol. The molecule has 0 nitrogen and oxygen atoms in total. The summed E-state index contributed by atoms with van der Waals surface area (Å²) in [7, 11) is 0. The Kier molecular flexibility index (Phi) is 12.6. The largest absolute Gasteiger partial charge is 0.103 e. The normalized spacial score (nSPS) is 12.6. The van der Waals surface area contributed by atoms with Crippen LogP contribution in [0.15, 0.2) is 12.7 Å². The molecule has 0 amide bonds. The third-order valence-corrected chi connectivity index (χ3v) is 3.54. The van der Waals surface area contributed by atoms with Gasteiger partial charge in [0, 0.05) is 0 Å². The van der Waals surface area contributed by atoms with Gasteiger partial charge >= 0.3 is 0 Å². The monoisotopic (exact) mass is 224 g/mol. The molecule has 0 saturated heterocycles. The van der Waals surface area contributed by atoms with Crippen molar-refractivity contribution < 1.29 is 0 Å². The van der Waals surface area contributed by atoms with Crippen molar-refractivity contribution in [2.24, 2.45) is 5.92 Å². The molecule has 0 aromatic heterocycles. The van der Waals surface area contributed by atoms with Crippen LogP contribution in [-0.2, 0) is 0 Å². The van der Waals surface area contributed by atoms with Crippen molar-refractivity contribution in [3.63, 3.8) is 0 Å². The molecule has 0 heteroatoms. The highest BCUT2D eigenvalue weighted by atomic mass is 14.1. The molecule has 0 N–H and O–H groups in total. The second kappa shape index (κ2) is 12.8. The third-order valence-electron chi connectivity index (χ3n) is 3.54. The number of unbranched alkanes of at least 4 members (excludes halogenated alkanes) is 7. The van der Waals surface area contributed by atoms with Crippen LogP contribution in [0.5, 0.6) is 0 Å². The van der Waals surface area contributed by atoms with Crippen LogP contribution in [0.25, 0.3) is 0 Å². The summed E-state index contributed by atoms with van der Waals surface area (Å²) in [6, 6.07) is 0. The van der Waals surface area contributed by atoms with Crippen molar-refractivity contribution in [3.05, 3.63) is 12.7 Å². The lowest BCUT2D eigenvalue weighted by Crippen LogP contribution is -1.96. The first-order valence-electron chi connectivity index (χ1n) is 7.46. The molecule has 0 bridgehead atoms. The Morgan fingerprint density at radius 1 is 0.875 bits per heavy atom. The van der Waals surface area contributed by atoms with Crippen LogP contribution < -0.4 is 0 Å². The van der Waals surface area contributed by atoms with Crippen molar-refractivity contribution >= 4 is 0 Å². The van der Waals surface area contributed by atoms with E-state index in [1.807, 2.05) is 0 Å². The number of hydrogen-bond acceptors (Lipinski definition) is 0. The Balaban J connectivity index is 3.15. The highest BCUT2D eigenvalue weighted by Crippen LogP contribution is 2.18. The summed E-state index contributed by atoms with van der Waals surface area (Å²) in [4.78, 5) is 0. The van der Waals surface area contributed by atoms with Gasteiger partial charge in [-0.2, -0.15) is 0 Å². The van der Waals surface area contributed by atoms with E-state index in [0.717, 1.165) is 5.92 Å². The SMILES string of the molecule is C=CCC(CC)CCCCCCCCCC. The lowest BCUT2D eigenvalue weighted by molar-refractivity contribution is 0.441. The molecule has 0 heterocycles. The summed E-state index contributed by atoms with van der Waals surface area (Å²) >= 11 is 0. The smallest absolute Gasteiger partial charge is 0.0325 e. The summed E-state index contributed by atoms with van der Waals surface area (Å²) in [6.45, 7) is 8.42. The molecule has 0 aliphatic rings. The third kappa shape index (κ3) is 10.3. The predicted octanol–water partition coefficient (Wildman–Crippen LogP) is 6.12. The Labute approximate surface area is 104 Å². The molecule has 16 heavy (non-hydrogen) atoms. The van der Waals surface area contributed by atoms with E-state index in [1.54, 1.807) is 0 Å². The molecule has 0 fully saturated rings. The molecule has 0 saturated carbocycles. The zero-order chi connectivity index (χ0) is 12.1. The topological polar surface area (TPSA) is 0 Å². The zero-order valence-corrected chi connectivity index (χ0v) is 11.6. The molecule has 0 aromatic carbocycles. The molecular weight excluding hydrogens is 192 g/mol. The summed E-state index contributed by atoms with van der Waals surface area (Å²) in [5, 5.41) is 0. The minimum atomic E-state index is 0.901. The first-order valence-corrected chi connectivity index (χ1v) is 7.46. The van der Waals surface area contributed by atoms with Gasteiger partial charge in [-0.15, -0.1) is 6.58 Å². The van der Waals surface area contributed by atoms with Gasteiger partial charge < -0.3 is 0 Å². The van der Waals surface area contributed by atoms with Crippen molar-refractivity contribution in [3.8, 4) is 0 Å². The van der Waals surface area contributed by atoms with E-state index in [2.05, 4.69) is 26.5 Å². The van der Waals surface area contributed by atoms with Crippen LogP contribution >= 0.6 is 0 Å². The second-order valence-corrected chi connectivity index (χ2v) is 5.06. The first kappa shape index (κ1) is 15.7. The van der Waals surface area contributed by atoms with Crippen LogP contribution in [0.1, 0.15) is 84.5 Å². The molecule has 0 aliphatic heterocycles. The van der Waals surface area contributed by atoms with Gasteiger partial charge in [0.2, 0.25) is 0 Å². The molecule has 0 aromatic rings. The summed E-state index contributed by atoms with van der Waals surface area (Å²) in [5.41, 5.74) is 0. The summed E-state index contributed by atoms with van der Waals surface area (Å²) < 4.78 is 0. The summed E-state index contributed by atoms with van der Waals surface area (Å²) in [6.07, 6.45) is 17.5. The first-order chi connectivity index (χ1) is 7.85. The van der Waals surface area contributed by atoms with Crippen molar-refractivity contribution in [2.75, 3.05) is 0 Å². The standard InChI is InChI=1S/C16H32/c1-4-7-8-9-10-11-12-13-15-16(6-3)14-5-2/h5,16H,2,4,6-15H2,1,3H3. The maximum Gasteiger partial charge on any atom is -0.0325 e. The summed E-state index contributed by atoms with van der Waals surface area (Å²) in [5.74, 6) is 0.901. The van der Waals surface area contributed by atoms with Crippen LogP contribution in [0.4, 0.5) is 0 Å². The fourth-order valence-corrected chi connectivity index (χ4v) is 2.29. The molecule has 96 valence electrons. The fraction of sp³-hybridized carbons (Fsp3) is 0.875. The Morgan fingerprint density at radius 2 is 1.44 bits per heavy atom. The number of hydrogen-bond donors (Lipinski definition) is 0. The van der Waals surface area contributed by atoms with E-state index < -0.39 is 0 Å². The Hall–Kier alpha value is -0.260. The molecule has 0 radical (unpaired) electrons. The van der Waals surface area contributed by atoms with Crippen LogP contribution in [-0.4, -0.2) is 0 Å². The lowest BCUT2D eigenvalue weighted by atomic mass is 9.95. The zero-order valence-electron chi connectivity index (χ0n) is 11.6. The maximum atomic E-state index is 3.83. The molecule has 1 unspecified atom stereocenters. The van der Waals surface area contributed by atoms with Gasteiger partial charge in [-0.3, -0.25) is 0 Å². The van der Waals surface area contributed by atoms with Crippen LogP contribution in [0, 0.1) is 5.92 Å². The van der Waals surface area contributed by atoms with Gasteiger partial charge in [0.25, 0.3) is 0 Å². The quantitative estimate of drug-likeness (QED) is 0.277. The van der Waals surface area contributed by atoms with Crippen molar-refractivity contribution in [1.82, 2.24) is 0 Å². The molecular formula is C16H32. The number of rotatable bonds is 12. The Morgan fingerprint density at radius 3 is 1.94 bits per heavy atom. The fourth-order valence-electron chi connectivity index (χ4n) is 2.29. The maximum absolute atomic E-state index is 3.83. The van der Waals surface area contributed by atoms with E-state index in [-0.39, 0.29) is 0 Å².